The molecule has 0 bridgehead atoms. The summed E-state index contributed by atoms with van der Waals surface area (Å²) in [5.41, 5.74) is 3.55. The fourth-order valence-corrected chi connectivity index (χ4v) is 4.43. The Balaban J connectivity index is 1.58. The van der Waals surface area contributed by atoms with Gasteiger partial charge in [-0.15, -0.1) is 11.8 Å². The Labute approximate surface area is 161 Å². The van der Waals surface area contributed by atoms with Crippen molar-refractivity contribution < 1.29 is 14.3 Å². The first-order valence-electron chi connectivity index (χ1n) is 8.45. The van der Waals surface area contributed by atoms with E-state index < -0.39 is 0 Å². The van der Waals surface area contributed by atoms with Crippen LogP contribution in [0.1, 0.15) is 27.0 Å². The number of aromatic nitrogens is 2. The predicted octanol–water partition coefficient (Wildman–Crippen LogP) is 3.95. The fraction of sp³-hybridized carbons (Fsp3) is 0.200. The summed E-state index contributed by atoms with van der Waals surface area (Å²) in [5, 5.41) is 3.19. The summed E-state index contributed by atoms with van der Waals surface area (Å²) in [6.07, 6.45) is 5.66. The SMILES string of the molecule is COc1cc(OC)cc(C(=O)Nc2ccn3c2CSC3c2cccnc2)c1. The first kappa shape index (κ1) is 17.5. The van der Waals surface area contributed by atoms with E-state index in [9.17, 15) is 4.79 Å². The number of amides is 1. The smallest absolute Gasteiger partial charge is 0.255 e. The first-order chi connectivity index (χ1) is 13.2. The van der Waals surface area contributed by atoms with Crippen LogP contribution in [0.15, 0.2) is 55.0 Å². The van der Waals surface area contributed by atoms with E-state index >= 15 is 0 Å². The predicted molar refractivity (Wildman–Crippen MR) is 106 cm³/mol. The molecule has 138 valence electrons. The molecule has 0 saturated carbocycles. The second-order valence-corrected chi connectivity index (χ2v) is 7.16. The van der Waals surface area contributed by atoms with Crippen molar-refractivity contribution in [2.45, 2.75) is 11.1 Å². The second-order valence-electron chi connectivity index (χ2n) is 6.09. The maximum absolute atomic E-state index is 12.8. The van der Waals surface area contributed by atoms with Gasteiger partial charge in [0.1, 0.15) is 16.9 Å². The van der Waals surface area contributed by atoms with Gasteiger partial charge in [-0.1, -0.05) is 6.07 Å². The number of methoxy groups -OCH3 is 2. The number of carbonyl (C=O) groups excluding carboxylic acids is 1. The van der Waals surface area contributed by atoms with Gasteiger partial charge >= 0.3 is 0 Å². The molecule has 3 heterocycles. The number of nitrogens with one attached hydrogen (secondary N) is 1. The molecule has 4 rings (SSSR count). The third kappa shape index (κ3) is 3.38. The van der Waals surface area contributed by atoms with Gasteiger partial charge in [0.15, 0.2) is 0 Å². The van der Waals surface area contributed by atoms with E-state index in [1.54, 1.807) is 38.6 Å². The standard InChI is InChI=1S/C20H19N3O3S/c1-25-15-8-14(9-16(10-15)26-2)19(24)22-17-5-7-23-18(17)12-27-20(23)13-4-3-6-21-11-13/h3-11,20H,12H2,1-2H3,(H,22,24). The summed E-state index contributed by atoms with van der Waals surface area (Å²) in [7, 11) is 3.12. The molecule has 1 unspecified atom stereocenters. The molecule has 6 nitrogen and oxygen atoms in total. The highest BCUT2D eigenvalue weighted by molar-refractivity contribution is 7.99. The molecule has 1 aliphatic heterocycles. The number of fused-ring (bicyclic) bond motifs is 1. The van der Waals surface area contributed by atoms with E-state index in [1.165, 1.54) is 0 Å². The summed E-state index contributed by atoms with van der Waals surface area (Å²) >= 11 is 1.81. The Morgan fingerprint density at radius 1 is 1.22 bits per heavy atom. The number of nitrogens with zero attached hydrogens (tertiary/aromatic N) is 2. The molecule has 1 amide bonds. The number of anilines is 1. The molecule has 3 aromatic rings. The Morgan fingerprint density at radius 3 is 2.67 bits per heavy atom. The van der Waals surface area contributed by atoms with Crippen LogP contribution in [0.3, 0.4) is 0 Å². The summed E-state index contributed by atoms with van der Waals surface area (Å²) in [6.45, 7) is 0. The largest absolute Gasteiger partial charge is 0.497 e. The maximum atomic E-state index is 12.8. The molecule has 0 spiro atoms. The van der Waals surface area contributed by atoms with Crippen LogP contribution in [-0.4, -0.2) is 29.7 Å². The average molecular weight is 381 g/mol. The van der Waals surface area contributed by atoms with Gasteiger partial charge in [0.05, 0.1) is 25.6 Å². The molecule has 1 aromatic carbocycles. The number of carbonyl (C=O) groups is 1. The summed E-state index contributed by atoms with van der Waals surface area (Å²) in [4.78, 5) is 17.0. The van der Waals surface area contributed by atoms with Crippen LogP contribution >= 0.6 is 11.8 Å². The Hall–Kier alpha value is -2.93. The highest BCUT2D eigenvalue weighted by atomic mass is 32.2. The van der Waals surface area contributed by atoms with Gasteiger partial charge in [-0.05, 0) is 24.3 Å². The molecular weight excluding hydrogens is 362 g/mol. The molecule has 1 atom stereocenters. The lowest BCUT2D eigenvalue weighted by Crippen LogP contribution is -2.13. The summed E-state index contributed by atoms with van der Waals surface area (Å²) in [5.74, 6) is 1.78. The molecule has 1 N–H and O–H groups in total. The number of thioether (sulfide) groups is 1. The Morgan fingerprint density at radius 2 is 2.00 bits per heavy atom. The minimum atomic E-state index is -0.198. The normalized spacial score (nSPS) is 15.3. The molecule has 0 saturated heterocycles. The number of hydrogen-bond acceptors (Lipinski definition) is 5. The van der Waals surface area contributed by atoms with E-state index in [0.29, 0.717) is 17.1 Å². The van der Waals surface area contributed by atoms with E-state index in [4.69, 9.17) is 9.47 Å². The maximum Gasteiger partial charge on any atom is 0.255 e. The van der Waals surface area contributed by atoms with Crippen molar-refractivity contribution in [3.8, 4) is 11.5 Å². The van der Waals surface area contributed by atoms with Gasteiger partial charge in [-0.2, -0.15) is 0 Å². The third-order valence-corrected chi connectivity index (χ3v) is 5.74. The van der Waals surface area contributed by atoms with Crippen molar-refractivity contribution in [1.82, 2.24) is 9.55 Å². The lowest BCUT2D eigenvalue weighted by atomic mass is 10.2. The highest BCUT2D eigenvalue weighted by Crippen LogP contribution is 2.43. The van der Waals surface area contributed by atoms with E-state index in [1.807, 2.05) is 36.3 Å². The van der Waals surface area contributed by atoms with Gasteiger partial charge in [0, 0.05) is 41.5 Å². The lowest BCUT2D eigenvalue weighted by molar-refractivity contribution is 0.102. The highest BCUT2D eigenvalue weighted by Gasteiger charge is 2.27. The van der Waals surface area contributed by atoms with Crippen LogP contribution in [-0.2, 0) is 5.75 Å². The van der Waals surface area contributed by atoms with Crippen molar-refractivity contribution in [2.75, 3.05) is 19.5 Å². The van der Waals surface area contributed by atoms with Crippen molar-refractivity contribution in [2.24, 2.45) is 0 Å². The van der Waals surface area contributed by atoms with Crippen LogP contribution in [0.4, 0.5) is 5.69 Å². The molecule has 0 radical (unpaired) electrons. The molecule has 27 heavy (non-hydrogen) atoms. The quantitative estimate of drug-likeness (QED) is 0.725. The van der Waals surface area contributed by atoms with Crippen LogP contribution < -0.4 is 14.8 Å². The number of ether oxygens (including phenoxy) is 2. The zero-order valence-corrected chi connectivity index (χ0v) is 15.8. The van der Waals surface area contributed by atoms with Gasteiger partial charge in [-0.25, -0.2) is 0 Å². The summed E-state index contributed by atoms with van der Waals surface area (Å²) < 4.78 is 12.7. The molecule has 0 fully saturated rings. The lowest BCUT2D eigenvalue weighted by Gasteiger charge is -2.12. The van der Waals surface area contributed by atoms with E-state index in [2.05, 4.69) is 20.9 Å². The summed E-state index contributed by atoms with van der Waals surface area (Å²) in [6, 6.07) is 11.1. The number of pyridine rings is 1. The minimum absolute atomic E-state index is 0.177. The first-order valence-corrected chi connectivity index (χ1v) is 9.50. The van der Waals surface area contributed by atoms with Gasteiger partial charge < -0.3 is 19.4 Å². The zero-order chi connectivity index (χ0) is 18.8. The fourth-order valence-electron chi connectivity index (χ4n) is 3.12. The second kappa shape index (κ2) is 7.36. The molecule has 1 aliphatic rings. The van der Waals surface area contributed by atoms with Crippen molar-refractivity contribution in [3.05, 3.63) is 71.8 Å². The zero-order valence-electron chi connectivity index (χ0n) is 15.0. The van der Waals surface area contributed by atoms with Crippen LogP contribution in [0.2, 0.25) is 0 Å². The molecule has 7 heteroatoms. The van der Waals surface area contributed by atoms with Gasteiger partial charge in [0.25, 0.3) is 5.91 Å². The van der Waals surface area contributed by atoms with Crippen LogP contribution in [0.5, 0.6) is 11.5 Å². The van der Waals surface area contributed by atoms with Crippen molar-refractivity contribution in [1.29, 1.82) is 0 Å². The number of benzene rings is 1. The molecular formula is C20H19N3O3S. The third-order valence-electron chi connectivity index (χ3n) is 4.49. The van der Waals surface area contributed by atoms with E-state index in [0.717, 1.165) is 22.7 Å². The minimum Gasteiger partial charge on any atom is -0.497 e. The van der Waals surface area contributed by atoms with Crippen molar-refractivity contribution in [3.63, 3.8) is 0 Å². The van der Waals surface area contributed by atoms with Gasteiger partial charge in [-0.3, -0.25) is 9.78 Å². The Kier molecular flexibility index (Phi) is 4.77. The number of rotatable bonds is 5. The van der Waals surface area contributed by atoms with Crippen LogP contribution in [0, 0.1) is 0 Å². The monoisotopic (exact) mass is 381 g/mol. The molecule has 2 aromatic heterocycles. The Bertz CT molecular complexity index is 950. The molecule has 0 aliphatic carbocycles. The van der Waals surface area contributed by atoms with Crippen LogP contribution in [0.25, 0.3) is 0 Å². The van der Waals surface area contributed by atoms with Gasteiger partial charge in [0.2, 0.25) is 0 Å². The average Bonchev–Trinajstić information content (AvgIpc) is 3.31. The topological polar surface area (TPSA) is 65.4 Å². The number of hydrogen-bond donors (Lipinski definition) is 1. The van der Waals surface area contributed by atoms with E-state index in [-0.39, 0.29) is 11.3 Å². The van der Waals surface area contributed by atoms with Crippen molar-refractivity contribution >= 4 is 23.4 Å².